The fraction of sp³-hybridized carbons (Fsp3) is 0.625. The van der Waals surface area contributed by atoms with Crippen LogP contribution in [0.3, 0.4) is 0 Å². The molecule has 0 saturated heterocycles. The van der Waals surface area contributed by atoms with Crippen LogP contribution in [0.5, 0.6) is 0 Å². The number of ether oxygens (including phenoxy) is 1. The van der Waals surface area contributed by atoms with Crippen molar-refractivity contribution in [3.05, 3.63) is 35.6 Å². The molecule has 19 heavy (non-hydrogen) atoms. The largest absolute Gasteiger partial charge is 0.369 e. The zero-order valence-electron chi connectivity index (χ0n) is 11.6. The predicted octanol–water partition coefficient (Wildman–Crippen LogP) is 3.81. The molecular weight excluding hydrogens is 241 g/mol. The molecule has 0 aliphatic heterocycles. The van der Waals surface area contributed by atoms with E-state index in [2.05, 4.69) is 6.92 Å². The van der Waals surface area contributed by atoms with Gasteiger partial charge in [0.15, 0.2) is 0 Å². The van der Waals surface area contributed by atoms with E-state index in [1.54, 1.807) is 12.1 Å². The quantitative estimate of drug-likeness (QED) is 0.878. The highest BCUT2D eigenvalue weighted by Gasteiger charge is 2.27. The summed E-state index contributed by atoms with van der Waals surface area (Å²) in [6.45, 7) is 2.67. The third-order valence-corrected chi connectivity index (χ3v) is 4.16. The zero-order chi connectivity index (χ0) is 13.7. The highest BCUT2D eigenvalue weighted by Crippen LogP contribution is 2.32. The Bertz CT molecular complexity index is 379. The lowest BCUT2D eigenvalue weighted by Gasteiger charge is -2.33. The second-order valence-electron chi connectivity index (χ2n) is 5.40. The van der Waals surface area contributed by atoms with E-state index in [1.807, 2.05) is 0 Å². The van der Waals surface area contributed by atoms with Gasteiger partial charge in [0, 0.05) is 6.54 Å². The van der Waals surface area contributed by atoms with Gasteiger partial charge in [0.05, 0.1) is 12.2 Å². The molecule has 3 heteroatoms. The minimum atomic E-state index is -0.219. The monoisotopic (exact) mass is 265 g/mol. The molecular formula is C16H24FNO. The van der Waals surface area contributed by atoms with Crippen molar-refractivity contribution in [3.63, 3.8) is 0 Å². The van der Waals surface area contributed by atoms with Gasteiger partial charge in [0.1, 0.15) is 5.82 Å². The first-order chi connectivity index (χ1) is 9.24. The van der Waals surface area contributed by atoms with E-state index in [0.29, 0.717) is 18.6 Å². The fourth-order valence-corrected chi connectivity index (χ4v) is 2.98. The minimum absolute atomic E-state index is 0.113. The molecule has 1 aromatic rings. The van der Waals surface area contributed by atoms with Crippen LogP contribution in [0.15, 0.2) is 24.3 Å². The van der Waals surface area contributed by atoms with Crippen LogP contribution in [-0.4, -0.2) is 12.6 Å². The number of rotatable bonds is 5. The summed E-state index contributed by atoms with van der Waals surface area (Å²) in [5, 5.41) is 0. The van der Waals surface area contributed by atoms with Crippen molar-refractivity contribution in [2.75, 3.05) is 6.54 Å². The molecule has 3 atom stereocenters. The molecule has 2 rings (SSSR count). The summed E-state index contributed by atoms with van der Waals surface area (Å²) < 4.78 is 19.2. The number of hydrogen-bond donors (Lipinski definition) is 1. The van der Waals surface area contributed by atoms with Gasteiger partial charge >= 0.3 is 0 Å². The maximum Gasteiger partial charge on any atom is 0.123 e. The van der Waals surface area contributed by atoms with Crippen LogP contribution in [0.1, 0.15) is 50.7 Å². The van der Waals surface area contributed by atoms with Crippen LogP contribution in [0, 0.1) is 11.7 Å². The zero-order valence-corrected chi connectivity index (χ0v) is 11.6. The van der Waals surface area contributed by atoms with E-state index in [1.165, 1.54) is 31.4 Å². The van der Waals surface area contributed by atoms with E-state index in [-0.39, 0.29) is 11.9 Å². The van der Waals surface area contributed by atoms with Crippen molar-refractivity contribution in [1.29, 1.82) is 0 Å². The first-order valence-electron chi connectivity index (χ1n) is 7.35. The Morgan fingerprint density at radius 3 is 2.58 bits per heavy atom. The lowest BCUT2D eigenvalue weighted by atomic mass is 9.84. The molecule has 0 heterocycles. The Balaban J connectivity index is 2.03. The molecule has 1 aliphatic rings. The van der Waals surface area contributed by atoms with Crippen molar-refractivity contribution < 1.29 is 9.13 Å². The maximum absolute atomic E-state index is 13.0. The topological polar surface area (TPSA) is 35.2 Å². The van der Waals surface area contributed by atoms with Crippen LogP contribution in [0.4, 0.5) is 4.39 Å². The summed E-state index contributed by atoms with van der Waals surface area (Å²) in [7, 11) is 0. The number of nitrogens with two attached hydrogens (primary N) is 1. The average molecular weight is 265 g/mol. The molecule has 2 N–H and O–H groups in total. The lowest BCUT2D eigenvalue weighted by Crippen LogP contribution is -2.31. The van der Waals surface area contributed by atoms with E-state index in [4.69, 9.17) is 10.5 Å². The molecule has 1 aromatic carbocycles. The van der Waals surface area contributed by atoms with Gasteiger partial charge < -0.3 is 10.5 Å². The van der Waals surface area contributed by atoms with Crippen LogP contribution in [0.25, 0.3) is 0 Å². The second-order valence-corrected chi connectivity index (χ2v) is 5.40. The van der Waals surface area contributed by atoms with Crippen LogP contribution in [0.2, 0.25) is 0 Å². The van der Waals surface area contributed by atoms with Crippen LogP contribution in [-0.2, 0) is 4.74 Å². The Labute approximate surface area is 115 Å². The summed E-state index contributed by atoms with van der Waals surface area (Å²) in [4.78, 5) is 0. The van der Waals surface area contributed by atoms with E-state index < -0.39 is 0 Å². The standard InChI is InChI=1S/C16H24FNO/c1-2-12-5-3-4-6-15(12)19-16(11-18)13-7-9-14(17)10-8-13/h7-10,12,15-16H,2-6,11,18H2,1H3. The molecule has 0 spiro atoms. The van der Waals surface area contributed by atoms with Crippen molar-refractivity contribution in [1.82, 2.24) is 0 Å². The molecule has 1 saturated carbocycles. The van der Waals surface area contributed by atoms with Gasteiger partial charge in [-0.3, -0.25) is 0 Å². The maximum atomic E-state index is 13.0. The van der Waals surface area contributed by atoms with Crippen molar-refractivity contribution in [2.45, 2.75) is 51.2 Å². The van der Waals surface area contributed by atoms with E-state index in [0.717, 1.165) is 18.4 Å². The number of halogens is 1. The van der Waals surface area contributed by atoms with Gasteiger partial charge in [-0.05, 0) is 36.5 Å². The molecule has 1 aliphatic carbocycles. The summed E-state index contributed by atoms with van der Waals surface area (Å²) in [5.74, 6) is 0.423. The fourth-order valence-electron chi connectivity index (χ4n) is 2.98. The van der Waals surface area contributed by atoms with E-state index in [9.17, 15) is 4.39 Å². The van der Waals surface area contributed by atoms with Crippen LogP contribution >= 0.6 is 0 Å². The second kappa shape index (κ2) is 7.01. The molecule has 0 amide bonds. The SMILES string of the molecule is CCC1CCCCC1OC(CN)c1ccc(F)cc1. The molecule has 0 bridgehead atoms. The lowest BCUT2D eigenvalue weighted by molar-refractivity contribution is -0.0586. The van der Waals surface area contributed by atoms with Gasteiger partial charge in [0.25, 0.3) is 0 Å². The highest BCUT2D eigenvalue weighted by atomic mass is 19.1. The molecule has 3 unspecified atom stereocenters. The number of hydrogen-bond acceptors (Lipinski definition) is 2. The number of benzene rings is 1. The van der Waals surface area contributed by atoms with E-state index >= 15 is 0 Å². The molecule has 1 fully saturated rings. The third kappa shape index (κ3) is 3.77. The van der Waals surface area contributed by atoms with Gasteiger partial charge in [-0.15, -0.1) is 0 Å². The van der Waals surface area contributed by atoms with Crippen molar-refractivity contribution in [3.8, 4) is 0 Å². The molecule has 2 nitrogen and oxygen atoms in total. The first-order valence-corrected chi connectivity index (χ1v) is 7.35. The Morgan fingerprint density at radius 2 is 1.95 bits per heavy atom. The molecule has 0 radical (unpaired) electrons. The molecule has 0 aromatic heterocycles. The summed E-state index contributed by atoms with van der Waals surface area (Å²) in [6, 6.07) is 6.49. The van der Waals surface area contributed by atoms with Crippen molar-refractivity contribution in [2.24, 2.45) is 11.7 Å². The predicted molar refractivity (Wildman–Crippen MR) is 75.3 cm³/mol. The van der Waals surface area contributed by atoms with Gasteiger partial charge in [-0.2, -0.15) is 0 Å². The molecule has 106 valence electrons. The van der Waals surface area contributed by atoms with Gasteiger partial charge in [0.2, 0.25) is 0 Å². The minimum Gasteiger partial charge on any atom is -0.369 e. The van der Waals surface area contributed by atoms with Crippen LogP contribution < -0.4 is 5.73 Å². The van der Waals surface area contributed by atoms with Crippen molar-refractivity contribution >= 4 is 0 Å². The summed E-state index contributed by atoms with van der Waals surface area (Å²) >= 11 is 0. The summed E-state index contributed by atoms with van der Waals surface area (Å²) in [5.41, 5.74) is 6.80. The Morgan fingerprint density at radius 1 is 1.26 bits per heavy atom. The average Bonchev–Trinajstić information content (AvgIpc) is 2.46. The van der Waals surface area contributed by atoms with Gasteiger partial charge in [-0.1, -0.05) is 38.3 Å². The Kier molecular flexibility index (Phi) is 5.34. The van der Waals surface area contributed by atoms with Gasteiger partial charge in [-0.25, -0.2) is 4.39 Å². The smallest absolute Gasteiger partial charge is 0.123 e. The summed E-state index contributed by atoms with van der Waals surface area (Å²) in [6.07, 6.45) is 6.27. The third-order valence-electron chi connectivity index (χ3n) is 4.16. The Hall–Kier alpha value is -0.930. The normalized spacial score (nSPS) is 25.2. The first kappa shape index (κ1) is 14.5. The highest BCUT2D eigenvalue weighted by molar-refractivity contribution is 5.19.